The molecule has 0 saturated carbocycles. The van der Waals surface area contributed by atoms with Crippen molar-refractivity contribution in [3.8, 4) is 5.75 Å². The molecule has 1 atom stereocenters. The van der Waals surface area contributed by atoms with Crippen molar-refractivity contribution >= 4 is 22.4 Å². The summed E-state index contributed by atoms with van der Waals surface area (Å²) in [5.41, 5.74) is 1.13. The predicted octanol–water partition coefficient (Wildman–Crippen LogP) is 5.51. The van der Waals surface area contributed by atoms with Crippen LogP contribution in [0.5, 0.6) is 5.75 Å². The van der Waals surface area contributed by atoms with E-state index in [0.29, 0.717) is 11.6 Å². The Kier molecular flexibility index (Phi) is 4.40. The first-order valence-corrected chi connectivity index (χ1v) is 8.52. The maximum atomic E-state index is 6.27. The van der Waals surface area contributed by atoms with E-state index in [1.165, 1.54) is 10.8 Å². The minimum absolute atomic E-state index is 0.125. The molecule has 4 aromatic rings. The Hall–Kier alpha value is -2.78. The molecule has 0 bridgehead atoms. The molecule has 0 N–H and O–H groups in total. The molecule has 0 amide bonds. The van der Waals surface area contributed by atoms with Crippen LogP contribution in [0.3, 0.4) is 0 Å². The summed E-state index contributed by atoms with van der Waals surface area (Å²) in [5.74, 6) is 0.794. The third-order valence-corrected chi connectivity index (χ3v) is 4.43. The van der Waals surface area contributed by atoms with Gasteiger partial charge in [-0.25, -0.2) is 4.98 Å². The standard InChI is InChI=1S/C21H17ClN2O/c22-19-7-9-20(10-8-19)25-21(14-24-12-11-23-15-24)18-6-5-16-3-1-2-4-17(16)13-18/h1-13,15,21H,14H2. The molecular formula is C21H17ClN2O. The molecule has 4 rings (SSSR count). The van der Waals surface area contributed by atoms with Gasteiger partial charge in [0.05, 0.1) is 12.9 Å². The molecule has 0 spiro atoms. The molecule has 1 heterocycles. The van der Waals surface area contributed by atoms with Crippen LogP contribution in [0.1, 0.15) is 11.7 Å². The minimum atomic E-state index is -0.125. The van der Waals surface area contributed by atoms with Crippen LogP contribution in [0.2, 0.25) is 5.02 Å². The van der Waals surface area contributed by atoms with Crippen molar-refractivity contribution in [2.45, 2.75) is 12.6 Å². The quantitative estimate of drug-likeness (QED) is 0.475. The van der Waals surface area contributed by atoms with E-state index in [2.05, 4.69) is 47.4 Å². The van der Waals surface area contributed by atoms with Crippen molar-refractivity contribution in [1.82, 2.24) is 9.55 Å². The van der Waals surface area contributed by atoms with E-state index in [1.54, 1.807) is 12.5 Å². The zero-order valence-corrected chi connectivity index (χ0v) is 14.3. The van der Waals surface area contributed by atoms with E-state index in [-0.39, 0.29) is 6.10 Å². The van der Waals surface area contributed by atoms with Crippen molar-refractivity contribution in [2.75, 3.05) is 0 Å². The van der Waals surface area contributed by atoms with Crippen LogP contribution in [0, 0.1) is 0 Å². The summed E-state index contributed by atoms with van der Waals surface area (Å²) in [6.07, 6.45) is 5.40. The summed E-state index contributed by atoms with van der Waals surface area (Å²) >= 11 is 5.98. The van der Waals surface area contributed by atoms with E-state index in [0.717, 1.165) is 11.3 Å². The highest BCUT2D eigenvalue weighted by Gasteiger charge is 2.15. The van der Waals surface area contributed by atoms with Gasteiger partial charge < -0.3 is 9.30 Å². The van der Waals surface area contributed by atoms with Crippen LogP contribution in [-0.4, -0.2) is 9.55 Å². The molecular weight excluding hydrogens is 332 g/mol. The van der Waals surface area contributed by atoms with Gasteiger partial charge in [-0.05, 0) is 46.7 Å². The molecule has 0 radical (unpaired) electrons. The summed E-state index contributed by atoms with van der Waals surface area (Å²) in [6, 6.07) is 22.3. The SMILES string of the molecule is Clc1ccc(OC(Cn2ccnc2)c2ccc3ccccc3c2)cc1. The molecule has 3 nitrogen and oxygen atoms in total. The van der Waals surface area contributed by atoms with Gasteiger partial charge in [-0.3, -0.25) is 0 Å². The lowest BCUT2D eigenvalue weighted by molar-refractivity contribution is 0.183. The Labute approximate surface area is 151 Å². The Morgan fingerprint density at radius 2 is 1.76 bits per heavy atom. The highest BCUT2D eigenvalue weighted by Crippen LogP contribution is 2.27. The number of benzene rings is 3. The smallest absolute Gasteiger partial charge is 0.142 e. The number of fused-ring (bicyclic) bond motifs is 1. The van der Waals surface area contributed by atoms with Crippen LogP contribution in [0.15, 0.2) is 85.5 Å². The van der Waals surface area contributed by atoms with Gasteiger partial charge in [0, 0.05) is 17.4 Å². The van der Waals surface area contributed by atoms with Gasteiger partial charge in [-0.1, -0.05) is 48.0 Å². The largest absolute Gasteiger partial charge is 0.484 e. The molecule has 1 unspecified atom stereocenters. The fourth-order valence-electron chi connectivity index (χ4n) is 2.88. The number of imidazole rings is 1. The Balaban J connectivity index is 1.68. The molecule has 1 aromatic heterocycles. The molecule has 0 aliphatic heterocycles. The highest BCUT2D eigenvalue weighted by molar-refractivity contribution is 6.30. The third kappa shape index (κ3) is 3.67. The summed E-state index contributed by atoms with van der Waals surface area (Å²) in [5, 5.41) is 3.12. The highest BCUT2D eigenvalue weighted by atomic mass is 35.5. The van der Waals surface area contributed by atoms with Gasteiger partial charge >= 0.3 is 0 Å². The van der Waals surface area contributed by atoms with Gasteiger partial charge in [-0.2, -0.15) is 0 Å². The van der Waals surface area contributed by atoms with Crippen LogP contribution in [0.4, 0.5) is 0 Å². The lowest BCUT2D eigenvalue weighted by Gasteiger charge is -2.21. The zero-order chi connectivity index (χ0) is 17.1. The van der Waals surface area contributed by atoms with Crippen LogP contribution in [0.25, 0.3) is 10.8 Å². The average molecular weight is 349 g/mol. The van der Waals surface area contributed by atoms with E-state index in [1.807, 2.05) is 35.0 Å². The van der Waals surface area contributed by atoms with Crippen molar-refractivity contribution in [3.05, 3.63) is 96.0 Å². The summed E-state index contributed by atoms with van der Waals surface area (Å²) in [7, 11) is 0. The van der Waals surface area contributed by atoms with Gasteiger partial charge in [-0.15, -0.1) is 0 Å². The van der Waals surface area contributed by atoms with E-state index in [4.69, 9.17) is 16.3 Å². The summed E-state index contributed by atoms with van der Waals surface area (Å²) in [6.45, 7) is 0.682. The van der Waals surface area contributed by atoms with E-state index in [9.17, 15) is 0 Å². The lowest BCUT2D eigenvalue weighted by atomic mass is 10.0. The molecule has 124 valence electrons. The first kappa shape index (κ1) is 15.7. The van der Waals surface area contributed by atoms with Crippen LogP contribution < -0.4 is 4.74 Å². The molecule has 0 aliphatic carbocycles. The normalized spacial score (nSPS) is 12.2. The topological polar surface area (TPSA) is 27.1 Å². The molecule has 3 aromatic carbocycles. The zero-order valence-electron chi connectivity index (χ0n) is 13.5. The first-order valence-electron chi connectivity index (χ1n) is 8.14. The molecule has 0 fully saturated rings. The lowest BCUT2D eigenvalue weighted by Crippen LogP contribution is -2.14. The second-order valence-corrected chi connectivity index (χ2v) is 6.36. The third-order valence-electron chi connectivity index (χ3n) is 4.17. The minimum Gasteiger partial charge on any atom is -0.484 e. The Morgan fingerprint density at radius 3 is 2.52 bits per heavy atom. The number of halogens is 1. The van der Waals surface area contributed by atoms with Crippen LogP contribution in [-0.2, 0) is 6.54 Å². The predicted molar refractivity (Wildman–Crippen MR) is 101 cm³/mol. The fourth-order valence-corrected chi connectivity index (χ4v) is 3.01. The van der Waals surface area contributed by atoms with Crippen molar-refractivity contribution < 1.29 is 4.74 Å². The average Bonchev–Trinajstić information content (AvgIpc) is 3.16. The Morgan fingerprint density at radius 1 is 0.960 bits per heavy atom. The second kappa shape index (κ2) is 6.99. The van der Waals surface area contributed by atoms with Crippen molar-refractivity contribution in [2.24, 2.45) is 0 Å². The number of ether oxygens (including phenoxy) is 1. The maximum Gasteiger partial charge on any atom is 0.142 e. The Bertz CT molecular complexity index is 965. The monoisotopic (exact) mass is 348 g/mol. The summed E-state index contributed by atoms with van der Waals surface area (Å²) < 4.78 is 8.29. The molecule has 25 heavy (non-hydrogen) atoms. The van der Waals surface area contributed by atoms with Crippen molar-refractivity contribution in [3.63, 3.8) is 0 Å². The van der Waals surface area contributed by atoms with Crippen LogP contribution >= 0.6 is 11.6 Å². The number of aromatic nitrogens is 2. The number of nitrogens with zero attached hydrogens (tertiary/aromatic N) is 2. The molecule has 0 saturated heterocycles. The molecule has 0 aliphatic rings. The van der Waals surface area contributed by atoms with Gasteiger partial charge in [0.2, 0.25) is 0 Å². The first-order chi connectivity index (χ1) is 12.3. The van der Waals surface area contributed by atoms with Crippen molar-refractivity contribution in [1.29, 1.82) is 0 Å². The van der Waals surface area contributed by atoms with Gasteiger partial charge in [0.15, 0.2) is 0 Å². The van der Waals surface area contributed by atoms with E-state index < -0.39 is 0 Å². The maximum absolute atomic E-state index is 6.27. The second-order valence-electron chi connectivity index (χ2n) is 5.93. The van der Waals surface area contributed by atoms with E-state index >= 15 is 0 Å². The number of rotatable bonds is 5. The number of hydrogen-bond donors (Lipinski definition) is 0. The van der Waals surface area contributed by atoms with Gasteiger partial charge in [0.1, 0.15) is 11.9 Å². The number of hydrogen-bond acceptors (Lipinski definition) is 2. The fraction of sp³-hybridized carbons (Fsp3) is 0.0952. The molecule has 4 heteroatoms. The summed E-state index contributed by atoms with van der Waals surface area (Å²) in [4.78, 5) is 4.13. The van der Waals surface area contributed by atoms with Gasteiger partial charge in [0.25, 0.3) is 0 Å².